The van der Waals surface area contributed by atoms with E-state index in [0.717, 1.165) is 17.9 Å². The molecular weight excluding hydrogens is 428 g/mol. The predicted molar refractivity (Wildman–Crippen MR) is 134 cm³/mol. The highest BCUT2D eigenvalue weighted by molar-refractivity contribution is 7.99. The highest BCUT2D eigenvalue weighted by Gasteiger charge is 2.39. The molecule has 1 aliphatic heterocycles. The van der Waals surface area contributed by atoms with Gasteiger partial charge in [-0.3, -0.25) is 4.68 Å². The molecule has 2 aromatic carbocycles. The number of nitrogens with one attached hydrogen (secondary N) is 1. The molecule has 1 saturated heterocycles. The molecule has 5 rings (SSSR count). The minimum Gasteiger partial charge on any atom is -0.334 e. The van der Waals surface area contributed by atoms with E-state index in [0.29, 0.717) is 19.0 Å². The molecule has 33 heavy (non-hydrogen) atoms. The van der Waals surface area contributed by atoms with Gasteiger partial charge in [0.25, 0.3) is 0 Å². The molecule has 0 bridgehead atoms. The predicted octanol–water partition coefficient (Wildman–Crippen LogP) is 5.50. The monoisotopic (exact) mass is 460 g/mol. The number of thioether (sulfide) groups is 1. The Morgan fingerprint density at radius 1 is 1.06 bits per heavy atom. The topological polar surface area (TPSA) is 50.2 Å². The number of rotatable bonds is 7. The van der Waals surface area contributed by atoms with E-state index in [2.05, 4.69) is 72.9 Å². The van der Waals surface area contributed by atoms with Crippen LogP contribution < -0.4 is 5.32 Å². The van der Waals surface area contributed by atoms with Crippen molar-refractivity contribution in [2.75, 3.05) is 18.8 Å². The van der Waals surface area contributed by atoms with Crippen LogP contribution in [-0.2, 0) is 13.6 Å². The summed E-state index contributed by atoms with van der Waals surface area (Å²) in [6.45, 7) is 4.13. The van der Waals surface area contributed by atoms with E-state index in [4.69, 9.17) is 5.10 Å². The van der Waals surface area contributed by atoms with Gasteiger partial charge in [-0.1, -0.05) is 49.4 Å². The summed E-state index contributed by atoms with van der Waals surface area (Å²) in [5.41, 5.74) is 4.87. The zero-order chi connectivity index (χ0) is 22.8. The zero-order valence-corrected chi connectivity index (χ0v) is 20.2. The van der Waals surface area contributed by atoms with Crippen LogP contribution in [0.2, 0.25) is 0 Å². The number of hydrogen-bond donors (Lipinski definition) is 1. The minimum atomic E-state index is 0.00928. The van der Waals surface area contributed by atoms with Gasteiger partial charge >= 0.3 is 6.03 Å². The summed E-state index contributed by atoms with van der Waals surface area (Å²) in [6, 6.07) is 21.4. The van der Waals surface area contributed by atoms with Gasteiger partial charge in [0, 0.05) is 55.0 Å². The van der Waals surface area contributed by atoms with Crippen LogP contribution in [0.15, 0.2) is 65.6 Å². The van der Waals surface area contributed by atoms with Crippen molar-refractivity contribution in [3.05, 3.63) is 83.2 Å². The zero-order valence-electron chi connectivity index (χ0n) is 19.4. The van der Waals surface area contributed by atoms with Gasteiger partial charge in [0.05, 0.1) is 5.69 Å². The highest BCUT2D eigenvalue weighted by Crippen LogP contribution is 2.43. The summed E-state index contributed by atoms with van der Waals surface area (Å²) in [5, 5.41) is 7.95. The fourth-order valence-corrected chi connectivity index (χ4v) is 5.56. The lowest BCUT2D eigenvalue weighted by molar-refractivity contribution is 0.207. The van der Waals surface area contributed by atoms with Crippen LogP contribution in [0.4, 0.5) is 4.79 Å². The molecule has 1 N–H and O–H groups in total. The van der Waals surface area contributed by atoms with Gasteiger partial charge in [-0.15, -0.1) is 11.8 Å². The van der Waals surface area contributed by atoms with Crippen molar-refractivity contribution in [1.82, 2.24) is 20.0 Å². The summed E-state index contributed by atoms with van der Waals surface area (Å²) in [6.07, 6.45) is 2.49. The molecule has 6 heteroatoms. The average Bonchev–Trinajstić information content (AvgIpc) is 3.48. The molecule has 1 aliphatic carbocycles. The number of urea groups is 1. The molecular formula is C27H32N4OS. The fourth-order valence-electron chi connectivity index (χ4n) is 4.90. The average molecular weight is 461 g/mol. The van der Waals surface area contributed by atoms with Gasteiger partial charge in [0.15, 0.2) is 0 Å². The van der Waals surface area contributed by atoms with Crippen LogP contribution >= 0.6 is 11.8 Å². The van der Waals surface area contributed by atoms with Crippen LogP contribution in [0, 0.1) is 0 Å². The number of carbonyl (C=O) groups is 1. The first-order valence-electron chi connectivity index (χ1n) is 12.0. The third-order valence-electron chi connectivity index (χ3n) is 6.82. The van der Waals surface area contributed by atoms with Gasteiger partial charge in [0.1, 0.15) is 0 Å². The number of carbonyl (C=O) groups excluding carboxylic acids is 1. The first-order valence-corrected chi connectivity index (χ1v) is 12.9. The number of aromatic nitrogens is 2. The van der Waals surface area contributed by atoms with Gasteiger partial charge < -0.3 is 10.2 Å². The van der Waals surface area contributed by atoms with Crippen molar-refractivity contribution >= 4 is 17.8 Å². The smallest absolute Gasteiger partial charge is 0.317 e. The molecule has 5 nitrogen and oxygen atoms in total. The van der Waals surface area contributed by atoms with Crippen molar-refractivity contribution in [2.24, 2.45) is 7.05 Å². The Labute approximate surface area is 200 Å². The lowest BCUT2D eigenvalue weighted by atomic mass is 9.86. The second-order valence-electron chi connectivity index (χ2n) is 9.16. The number of nitrogens with zero attached hydrogens (tertiary/aromatic N) is 3. The van der Waals surface area contributed by atoms with Crippen molar-refractivity contribution in [3.63, 3.8) is 0 Å². The SMILES string of the molecule is CCSc1ccc(CNC(=O)N2CC(c3ccccc3)C(c3cc(C4CC4)nn3C)C2)cc1. The molecule has 1 aromatic heterocycles. The van der Waals surface area contributed by atoms with Crippen LogP contribution in [0.3, 0.4) is 0 Å². The molecule has 2 heterocycles. The van der Waals surface area contributed by atoms with E-state index in [1.54, 1.807) is 0 Å². The van der Waals surface area contributed by atoms with E-state index in [1.807, 2.05) is 28.4 Å². The number of aryl methyl sites for hydroxylation is 1. The van der Waals surface area contributed by atoms with E-state index in [1.165, 1.54) is 34.7 Å². The number of amides is 2. The number of benzene rings is 2. The molecule has 3 aromatic rings. The normalized spacial score (nSPS) is 20.2. The third-order valence-corrected chi connectivity index (χ3v) is 7.72. The Morgan fingerprint density at radius 2 is 1.79 bits per heavy atom. The summed E-state index contributed by atoms with van der Waals surface area (Å²) < 4.78 is 2.05. The van der Waals surface area contributed by atoms with E-state index in [9.17, 15) is 4.79 Å². The molecule has 2 amide bonds. The van der Waals surface area contributed by atoms with Crippen LogP contribution in [0.1, 0.15) is 60.0 Å². The standard InChI is InChI=1S/C27H32N4OS/c1-3-33-22-13-9-19(10-14-22)16-28-27(32)31-17-23(20-7-5-4-6-8-20)24(18-31)26-15-25(21-11-12-21)29-30(26)2/h4-10,13-15,21,23-24H,3,11-12,16-18H2,1-2H3,(H,28,32). The maximum Gasteiger partial charge on any atom is 0.317 e. The van der Waals surface area contributed by atoms with Crippen molar-refractivity contribution in [3.8, 4) is 0 Å². The van der Waals surface area contributed by atoms with E-state index < -0.39 is 0 Å². The largest absolute Gasteiger partial charge is 0.334 e. The van der Waals surface area contributed by atoms with E-state index >= 15 is 0 Å². The molecule has 1 saturated carbocycles. The summed E-state index contributed by atoms with van der Waals surface area (Å²) in [4.78, 5) is 16.4. The molecule has 2 aliphatic rings. The molecule has 2 fully saturated rings. The summed E-state index contributed by atoms with van der Waals surface area (Å²) >= 11 is 1.83. The third kappa shape index (κ3) is 4.96. The van der Waals surface area contributed by atoms with Crippen molar-refractivity contribution in [1.29, 1.82) is 0 Å². The van der Waals surface area contributed by atoms with Gasteiger partial charge in [-0.05, 0) is 47.9 Å². The summed E-state index contributed by atoms with van der Waals surface area (Å²) in [7, 11) is 2.05. The minimum absolute atomic E-state index is 0.00928. The quantitative estimate of drug-likeness (QED) is 0.474. The van der Waals surface area contributed by atoms with Crippen LogP contribution in [0.25, 0.3) is 0 Å². The fraction of sp³-hybridized carbons (Fsp3) is 0.407. The number of likely N-dealkylation sites (tertiary alicyclic amines) is 1. The van der Waals surface area contributed by atoms with Gasteiger partial charge in [0.2, 0.25) is 0 Å². The molecule has 2 atom stereocenters. The summed E-state index contributed by atoms with van der Waals surface area (Å²) in [5.74, 6) is 2.20. The van der Waals surface area contributed by atoms with Crippen molar-refractivity contribution in [2.45, 2.75) is 49.0 Å². The Hall–Kier alpha value is -2.73. The molecule has 2 unspecified atom stereocenters. The van der Waals surface area contributed by atoms with Crippen molar-refractivity contribution < 1.29 is 4.79 Å². The maximum atomic E-state index is 13.1. The lowest BCUT2D eigenvalue weighted by Crippen LogP contribution is -2.38. The van der Waals surface area contributed by atoms with Gasteiger partial charge in [-0.25, -0.2) is 4.79 Å². The Kier molecular flexibility index (Phi) is 6.45. The van der Waals surface area contributed by atoms with Gasteiger partial charge in [-0.2, -0.15) is 5.10 Å². The first-order chi connectivity index (χ1) is 16.1. The molecule has 0 radical (unpaired) electrons. The Bertz CT molecular complexity index is 1090. The molecule has 0 spiro atoms. The number of hydrogen-bond acceptors (Lipinski definition) is 3. The molecule has 172 valence electrons. The Morgan fingerprint density at radius 3 is 2.48 bits per heavy atom. The second-order valence-corrected chi connectivity index (χ2v) is 10.5. The highest BCUT2D eigenvalue weighted by atomic mass is 32.2. The first kappa shape index (κ1) is 22.1. The van der Waals surface area contributed by atoms with E-state index in [-0.39, 0.29) is 17.9 Å². The lowest BCUT2D eigenvalue weighted by Gasteiger charge is -2.18. The maximum absolute atomic E-state index is 13.1. The Balaban J connectivity index is 1.30. The second kappa shape index (κ2) is 9.64. The van der Waals surface area contributed by atoms with Crippen LogP contribution in [0.5, 0.6) is 0 Å². The van der Waals surface area contributed by atoms with Crippen LogP contribution in [-0.4, -0.2) is 39.6 Å².